The minimum absolute atomic E-state index is 0.247. The Bertz CT molecular complexity index is 297. The van der Waals surface area contributed by atoms with Gasteiger partial charge in [-0.25, -0.2) is 0 Å². The molecule has 0 radical (unpaired) electrons. The van der Waals surface area contributed by atoms with Crippen LogP contribution in [0, 0.1) is 5.92 Å². The van der Waals surface area contributed by atoms with Gasteiger partial charge in [-0.15, -0.1) is 0 Å². The lowest BCUT2D eigenvalue weighted by Gasteiger charge is -2.25. The third kappa shape index (κ3) is 5.33. The molecule has 0 saturated heterocycles. The molecular formula is C15H25NO. The van der Waals surface area contributed by atoms with Gasteiger partial charge < -0.3 is 10.4 Å². The first-order valence-electron chi connectivity index (χ1n) is 6.55. The van der Waals surface area contributed by atoms with E-state index in [4.69, 9.17) is 5.11 Å². The molecule has 0 aliphatic heterocycles. The number of aliphatic hydroxyl groups excluding tert-OH is 1. The fourth-order valence-electron chi connectivity index (χ4n) is 2.08. The molecular weight excluding hydrogens is 210 g/mol. The summed E-state index contributed by atoms with van der Waals surface area (Å²) in [4.78, 5) is 0. The lowest BCUT2D eigenvalue weighted by Crippen LogP contribution is -2.32. The Kier molecular flexibility index (Phi) is 6.23. The van der Waals surface area contributed by atoms with Crippen LogP contribution in [-0.2, 0) is 0 Å². The quantitative estimate of drug-likeness (QED) is 0.761. The van der Waals surface area contributed by atoms with E-state index in [9.17, 15) is 0 Å². The van der Waals surface area contributed by atoms with E-state index in [1.165, 1.54) is 5.56 Å². The molecule has 1 aromatic carbocycles. The molecule has 0 amide bonds. The molecule has 0 aliphatic carbocycles. The first-order chi connectivity index (χ1) is 8.13. The van der Waals surface area contributed by atoms with Crippen LogP contribution < -0.4 is 5.32 Å². The lowest BCUT2D eigenvalue weighted by molar-refractivity contribution is 0.259. The highest BCUT2D eigenvalue weighted by atomic mass is 16.3. The molecule has 0 spiro atoms. The summed E-state index contributed by atoms with van der Waals surface area (Å²) in [6, 6.07) is 11.3. The molecule has 2 atom stereocenters. The summed E-state index contributed by atoms with van der Waals surface area (Å²) in [5, 5.41) is 12.6. The van der Waals surface area contributed by atoms with Gasteiger partial charge in [-0.05, 0) is 31.2 Å². The molecule has 0 aromatic heterocycles. The fraction of sp³-hybridized carbons (Fsp3) is 0.600. The van der Waals surface area contributed by atoms with Crippen molar-refractivity contribution in [2.75, 3.05) is 6.61 Å². The lowest BCUT2D eigenvalue weighted by atomic mass is 9.96. The van der Waals surface area contributed by atoms with Crippen LogP contribution in [0.2, 0.25) is 0 Å². The van der Waals surface area contributed by atoms with Gasteiger partial charge in [0.15, 0.2) is 0 Å². The van der Waals surface area contributed by atoms with E-state index >= 15 is 0 Å². The summed E-state index contributed by atoms with van der Waals surface area (Å²) in [6.07, 6.45) is 1.93. The highest BCUT2D eigenvalue weighted by Gasteiger charge is 2.15. The molecule has 0 bridgehead atoms. The Balaban J connectivity index is 2.67. The van der Waals surface area contributed by atoms with E-state index < -0.39 is 0 Å². The van der Waals surface area contributed by atoms with E-state index in [0.717, 1.165) is 12.8 Å². The standard InChI is InChI=1S/C15H25NO/c1-12(2)11-15(16-13(3)9-10-17)14-7-5-4-6-8-14/h4-8,12-13,15-17H,9-11H2,1-3H3. The first-order valence-corrected chi connectivity index (χ1v) is 6.55. The number of hydrogen-bond donors (Lipinski definition) is 2. The monoisotopic (exact) mass is 235 g/mol. The second-order valence-corrected chi connectivity index (χ2v) is 5.17. The van der Waals surface area contributed by atoms with Crippen molar-refractivity contribution in [3.05, 3.63) is 35.9 Å². The Labute approximate surface area is 105 Å². The Morgan fingerprint density at radius 1 is 1.12 bits per heavy atom. The molecule has 17 heavy (non-hydrogen) atoms. The molecule has 2 N–H and O–H groups in total. The average Bonchev–Trinajstić information content (AvgIpc) is 2.29. The van der Waals surface area contributed by atoms with Crippen molar-refractivity contribution in [3.8, 4) is 0 Å². The molecule has 96 valence electrons. The molecule has 1 rings (SSSR count). The maximum Gasteiger partial charge on any atom is 0.0445 e. The number of hydrogen-bond acceptors (Lipinski definition) is 2. The van der Waals surface area contributed by atoms with Crippen molar-refractivity contribution in [3.63, 3.8) is 0 Å². The highest BCUT2D eigenvalue weighted by Crippen LogP contribution is 2.21. The largest absolute Gasteiger partial charge is 0.396 e. The van der Waals surface area contributed by atoms with Crippen LogP contribution in [0.15, 0.2) is 30.3 Å². The summed E-state index contributed by atoms with van der Waals surface area (Å²) in [7, 11) is 0. The van der Waals surface area contributed by atoms with Crippen LogP contribution >= 0.6 is 0 Å². The van der Waals surface area contributed by atoms with Gasteiger partial charge in [0.2, 0.25) is 0 Å². The number of nitrogens with one attached hydrogen (secondary N) is 1. The second kappa shape index (κ2) is 7.46. The van der Waals surface area contributed by atoms with Crippen LogP contribution in [0.4, 0.5) is 0 Å². The van der Waals surface area contributed by atoms with E-state index in [1.807, 2.05) is 6.07 Å². The number of rotatable bonds is 7. The van der Waals surface area contributed by atoms with Gasteiger partial charge in [0.05, 0.1) is 0 Å². The minimum Gasteiger partial charge on any atom is -0.396 e. The zero-order valence-corrected chi connectivity index (χ0v) is 11.2. The predicted molar refractivity (Wildman–Crippen MR) is 72.9 cm³/mol. The molecule has 0 fully saturated rings. The zero-order chi connectivity index (χ0) is 12.7. The van der Waals surface area contributed by atoms with Crippen molar-refractivity contribution < 1.29 is 5.11 Å². The Morgan fingerprint density at radius 3 is 2.29 bits per heavy atom. The van der Waals surface area contributed by atoms with Crippen LogP contribution in [0.1, 0.15) is 45.2 Å². The molecule has 2 nitrogen and oxygen atoms in total. The van der Waals surface area contributed by atoms with Crippen LogP contribution in [0.5, 0.6) is 0 Å². The van der Waals surface area contributed by atoms with Gasteiger partial charge in [0, 0.05) is 18.7 Å². The third-order valence-corrected chi connectivity index (χ3v) is 2.96. The molecule has 1 aromatic rings. The van der Waals surface area contributed by atoms with E-state index in [2.05, 4.69) is 50.4 Å². The van der Waals surface area contributed by atoms with E-state index in [-0.39, 0.29) is 6.61 Å². The fourth-order valence-corrected chi connectivity index (χ4v) is 2.08. The summed E-state index contributed by atoms with van der Waals surface area (Å²) < 4.78 is 0. The van der Waals surface area contributed by atoms with E-state index in [1.54, 1.807) is 0 Å². The van der Waals surface area contributed by atoms with Crippen molar-refractivity contribution in [1.29, 1.82) is 0 Å². The normalized spacial score (nSPS) is 14.9. The van der Waals surface area contributed by atoms with E-state index in [0.29, 0.717) is 18.0 Å². The molecule has 2 unspecified atom stereocenters. The van der Waals surface area contributed by atoms with Gasteiger partial charge in [0.1, 0.15) is 0 Å². The van der Waals surface area contributed by atoms with Crippen molar-refractivity contribution in [2.24, 2.45) is 5.92 Å². The van der Waals surface area contributed by atoms with Gasteiger partial charge in [-0.2, -0.15) is 0 Å². The Hall–Kier alpha value is -0.860. The van der Waals surface area contributed by atoms with Crippen molar-refractivity contribution in [2.45, 2.75) is 45.7 Å². The predicted octanol–water partition coefficient (Wildman–Crippen LogP) is 3.13. The summed E-state index contributed by atoms with van der Waals surface area (Å²) >= 11 is 0. The average molecular weight is 235 g/mol. The van der Waals surface area contributed by atoms with Gasteiger partial charge in [-0.3, -0.25) is 0 Å². The molecule has 0 aliphatic rings. The van der Waals surface area contributed by atoms with Crippen molar-refractivity contribution >= 4 is 0 Å². The summed E-state index contributed by atoms with van der Waals surface area (Å²) in [6.45, 7) is 6.87. The number of benzene rings is 1. The SMILES string of the molecule is CC(C)CC(NC(C)CCO)c1ccccc1. The maximum absolute atomic E-state index is 8.96. The number of aliphatic hydroxyl groups is 1. The maximum atomic E-state index is 8.96. The minimum atomic E-state index is 0.247. The van der Waals surface area contributed by atoms with Crippen LogP contribution in [0.3, 0.4) is 0 Å². The van der Waals surface area contributed by atoms with Gasteiger partial charge in [-0.1, -0.05) is 44.2 Å². The summed E-state index contributed by atoms with van der Waals surface area (Å²) in [5.74, 6) is 0.661. The third-order valence-electron chi connectivity index (χ3n) is 2.96. The zero-order valence-electron chi connectivity index (χ0n) is 11.2. The second-order valence-electron chi connectivity index (χ2n) is 5.17. The van der Waals surface area contributed by atoms with Gasteiger partial charge >= 0.3 is 0 Å². The van der Waals surface area contributed by atoms with Gasteiger partial charge in [0.25, 0.3) is 0 Å². The highest BCUT2D eigenvalue weighted by molar-refractivity contribution is 5.19. The topological polar surface area (TPSA) is 32.3 Å². The van der Waals surface area contributed by atoms with Crippen LogP contribution in [0.25, 0.3) is 0 Å². The molecule has 0 saturated carbocycles. The van der Waals surface area contributed by atoms with Crippen LogP contribution in [-0.4, -0.2) is 17.8 Å². The van der Waals surface area contributed by atoms with Crippen molar-refractivity contribution in [1.82, 2.24) is 5.32 Å². The first kappa shape index (κ1) is 14.2. The molecule has 0 heterocycles. The Morgan fingerprint density at radius 2 is 1.76 bits per heavy atom. The molecule has 2 heteroatoms. The summed E-state index contributed by atoms with van der Waals surface area (Å²) in [5.41, 5.74) is 1.34. The smallest absolute Gasteiger partial charge is 0.0445 e.